The third-order valence-corrected chi connectivity index (χ3v) is 14.3. The summed E-state index contributed by atoms with van der Waals surface area (Å²) < 4.78 is 24.2. The van der Waals surface area contributed by atoms with Crippen LogP contribution in [0.3, 0.4) is 0 Å². The summed E-state index contributed by atoms with van der Waals surface area (Å²) in [7, 11) is -0.271. The second-order valence-corrected chi connectivity index (χ2v) is 22.0. The Kier molecular flexibility index (Phi) is 15.5. The van der Waals surface area contributed by atoms with E-state index in [1.165, 1.54) is 0 Å². The molecule has 0 fully saturated rings. The molecule has 6 heteroatoms. The highest BCUT2D eigenvalue weighted by atomic mass is 31.1. The average Bonchev–Trinajstić information content (AvgIpc) is 2.75. The molecule has 0 aliphatic carbocycles. The van der Waals surface area contributed by atoms with Crippen LogP contribution in [0.4, 0.5) is 0 Å². The van der Waals surface area contributed by atoms with Crippen LogP contribution >= 0.6 is 15.8 Å². The predicted octanol–water partition coefficient (Wildman–Crippen LogP) is 8.95. The van der Waals surface area contributed by atoms with Gasteiger partial charge in [-0.25, -0.2) is 0 Å². The number of hydrogen-bond donors (Lipinski definition) is 0. The van der Waals surface area contributed by atoms with E-state index < -0.39 is 0 Å². The van der Waals surface area contributed by atoms with Crippen molar-refractivity contribution in [3.05, 3.63) is 35.9 Å². The molecule has 38 heavy (non-hydrogen) atoms. The van der Waals surface area contributed by atoms with Crippen LogP contribution in [0.25, 0.3) is 0 Å². The monoisotopic (exact) mass is 570 g/mol. The Morgan fingerprint density at radius 2 is 0.921 bits per heavy atom. The summed E-state index contributed by atoms with van der Waals surface area (Å²) >= 11 is 0. The largest absolute Gasteiger partial charge is 0.379 e. The zero-order valence-electron chi connectivity index (χ0n) is 26.9. The zero-order valence-corrected chi connectivity index (χ0v) is 28.6. The molecule has 1 rings (SSSR count). The molecule has 0 radical (unpaired) electrons. The lowest BCUT2D eigenvalue weighted by Gasteiger charge is -2.41. The Labute approximate surface area is 238 Å². The molecule has 4 nitrogen and oxygen atoms in total. The van der Waals surface area contributed by atoms with Gasteiger partial charge < -0.3 is 18.9 Å². The molecule has 1 aromatic rings. The second-order valence-electron chi connectivity index (χ2n) is 14.1. The minimum atomic E-state index is -0.139. The SMILES string of the molecule is CC(C)(C)P(CCOCCOCC(OCCOCCP(C(C)(C)C)C(C)(C)C)c1ccccc1)C(C)(C)C. The van der Waals surface area contributed by atoms with Gasteiger partial charge in [-0.15, -0.1) is 0 Å². The van der Waals surface area contributed by atoms with Crippen molar-refractivity contribution in [1.82, 2.24) is 0 Å². The van der Waals surface area contributed by atoms with Crippen molar-refractivity contribution in [2.45, 2.75) is 110 Å². The molecule has 0 amide bonds. The van der Waals surface area contributed by atoms with Gasteiger partial charge in [-0.2, -0.15) is 0 Å². The first-order valence-electron chi connectivity index (χ1n) is 14.4. The molecule has 0 aromatic heterocycles. The normalized spacial score (nSPS) is 14.5. The first-order valence-corrected chi connectivity index (χ1v) is 17.4. The summed E-state index contributed by atoms with van der Waals surface area (Å²) in [5.41, 5.74) is 1.14. The van der Waals surface area contributed by atoms with Gasteiger partial charge in [0.05, 0.1) is 46.2 Å². The maximum Gasteiger partial charge on any atom is 0.106 e. The Balaban J connectivity index is 2.41. The third kappa shape index (κ3) is 14.5. The highest BCUT2D eigenvalue weighted by Gasteiger charge is 2.34. The fourth-order valence-corrected chi connectivity index (χ4v) is 12.7. The fourth-order valence-electron chi connectivity index (χ4n) is 5.34. The quantitative estimate of drug-likeness (QED) is 0.147. The molecule has 0 saturated heterocycles. The van der Waals surface area contributed by atoms with Gasteiger partial charge in [-0.3, -0.25) is 0 Å². The van der Waals surface area contributed by atoms with Gasteiger partial charge in [0.2, 0.25) is 0 Å². The van der Waals surface area contributed by atoms with E-state index in [9.17, 15) is 0 Å². The van der Waals surface area contributed by atoms with E-state index in [0.717, 1.165) is 31.1 Å². The standard InChI is InChI=1S/C32H60O4P2/c1-29(2,3)37(30(4,5)6)24-22-33-18-19-35-26-28(27-16-14-13-15-17-27)36-21-20-34-23-25-38(31(7,8)9)32(10,11)12/h13-17,28H,18-26H2,1-12H3. The topological polar surface area (TPSA) is 36.9 Å². The van der Waals surface area contributed by atoms with Gasteiger partial charge in [-0.05, 0) is 38.5 Å². The summed E-state index contributed by atoms with van der Waals surface area (Å²) in [6.07, 6.45) is 2.16. The van der Waals surface area contributed by atoms with E-state index >= 15 is 0 Å². The van der Waals surface area contributed by atoms with Gasteiger partial charge in [0.25, 0.3) is 0 Å². The minimum absolute atomic E-state index is 0.101. The van der Waals surface area contributed by atoms with E-state index in [2.05, 4.69) is 107 Å². The summed E-state index contributed by atoms with van der Waals surface area (Å²) in [6, 6.07) is 10.3. The van der Waals surface area contributed by atoms with E-state index in [1.807, 2.05) is 6.07 Å². The van der Waals surface area contributed by atoms with Crippen molar-refractivity contribution >= 4 is 15.8 Å². The van der Waals surface area contributed by atoms with Gasteiger partial charge in [0, 0.05) is 0 Å². The second kappa shape index (κ2) is 16.4. The molecule has 222 valence electrons. The smallest absolute Gasteiger partial charge is 0.106 e. The van der Waals surface area contributed by atoms with Crippen LogP contribution in [0.15, 0.2) is 30.3 Å². The van der Waals surface area contributed by atoms with Crippen LogP contribution in [-0.2, 0) is 18.9 Å². The fraction of sp³-hybridized carbons (Fsp3) is 0.812. The molecule has 0 spiro atoms. The van der Waals surface area contributed by atoms with E-state index in [4.69, 9.17) is 18.9 Å². The zero-order chi connectivity index (χ0) is 29.0. The first-order chi connectivity index (χ1) is 17.4. The summed E-state index contributed by atoms with van der Waals surface area (Å²) in [5.74, 6) is 0. The van der Waals surface area contributed by atoms with Crippen LogP contribution in [0.2, 0.25) is 0 Å². The predicted molar refractivity (Wildman–Crippen MR) is 170 cm³/mol. The molecule has 0 bridgehead atoms. The van der Waals surface area contributed by atoms with E-state index in [0.29, 0.717) is 53.7 Å². The highest BCUT2D eigenvalue weighted by Crippen LogP contribution is 2.59. The summed E-state index contributed by atoms with van der Waals surface area (Å²) in [5, 5.41) is 1.32. The Hall–Kier alpha value is -0.0800. The highest BCUT2D eigenvalue weighted by molar-refractivity contribution is 7.61. The van der Waals surface area contributed by atoms with Crippen LogP contribution in [-0.4, -0.2) is 79.2 Å². The van der Waals surface area contributed by atoms with Gasteiger partial charge in [0.1, 0.15) is 6.10 Å². The van der Waals surface area contributed by atoms with Crippen molar-refractivity contribution in [3.63, 3.8) is 0 Å². The maximum atomic E-state index is 6.22. The van der Waals surface area contributed by atoms with Crippen molar-refractivity contribution in [2.24, 2.45) is 0 Å². The molecule has 0 N–H and O–H groups in total. The number of rotatable bonds is 16. The van der Waals surface area contributed by atoms with E-state index in [1.54, 1.807) is 0 Å². The summed E-state index contributed by atoms with van der Waals surface area (Å²) in [6.45, 7) is 32.8. The van der Waals surface area contributed by atoms with Crippen LogP contribution in [0.5, 0.6) is 0 Å². The Bertz CT molecular complexity index is 714. The average molecular weight is 571 g/mol. The molecule has 0 aliphatic rings. The molecule has 1 atom stereocenters. The molecular formula is C32H60O4P2. The van der Waals surface area contributed by atoms with Crippen molar-refractivity contribution in [1.29, 1.82) is 0 Å². The maximum absolute atomic E-state index is 6.22. The summed E-state index contributed by atoms with van der Waals surface area (Å²) in [4.78, 5) is 0. The van der Waals surface area contributed by atoms with Gasteiger partial charge in [-0.1, -0.05) is 129 Å². The Morgan fingerprint density at radius 3 is 1.34 bits per heavy atom. The minimum Gasteiger partial charge on any atom is -0.379 e. The lowest BCUT2D eigenvalue weighted by molar-refractivity contribution is -0.0472. The van der Waals surface area contributed by atoms with Gasteiger partial charge in [0.15, 0.2) is 0 Å². The van der Waals surface area contributed by atoms with Crippen molar-refractivity contribution < 1.29 is 18.9 Å². The van der Waals surface area contributed by atoms with Crippen molar-refractivity contribution in [2.75, 3.05) is 58.6 Å². The van der Waals surface area contributed by atoms with Crippen LogP contribution in [0.1, 0.15) is 94.8 Å². The third-order valence-electron chi connectivity index (χ3n) is 6.52. The van der Waals surface area contributed by atoms with Gasteiger partial charge >= 0.3 is 0 Å². The lowest BCUT2D eigenvalue weighted by Crippen LogP contribution is -2.28. The van der Waals surface area contributed by atoms with Crippen LogP contribution in [0, 0.1) is 0 Å². The number of hydrogen-bond acceptors (Lipinski definition) is 4. The molecule has 1 unspecified atom stereocenters. The number of benzene rings is 1. The molecule has 1 aromatic carbocycles. The molecular weight excluding hydrogens is 510 g/mol. The lowest BCUT2D eigenvalue weighted by atomic mass is 10.1. The van der Waals surface area contributed by atoms with E-state index in [-0.39, 0.29) is 21.9 Å². The van der Waals surface area contributed by atoms with Crippen molar-refractivity contribution in [3.8, 4) is 0 Å². The molecule has 0 saturated carbocycles. The Morgan fingerprint density at radius 1 is 0.526 bits per heavy atom. The first kappa shape index (κ1) is 35.9. The molecule has 0 aliphatic heterocycles. The number of ether oxygens (including phenoxy) is 4. The van der Waals surface area contributed by atoms with Crippen LogP contribution < -0.4 is 0 Å². The molecule has 0 heterocycles.